The molecule has 256 valence electrons. The first-order valence-corrected chi connectivity index (χ1v) is 18.8. The number of amides is 2. The van der Waals surface area contributed by atoms with Gasteiger partial charge in [0.15, 0.2) is 0 Å². The van der Waals surface area contributed by atoms with Crippen LogP contribution in [0.2, 0.25) is 5.02 Å². The molecule has 2 saturated heterocycles. The van der Waals surface area contributed by atoms with Crippen LogP contribution in [-0.4, -0.2) is 79.0 Å². The first-order chi connectivity index (χ1) is 22.6. The van der Waals surface area contributed by atoms with Crippen LogP contribution >= 0.6 is 11.6 Å². The summed E-state index contributed by atoms with van der Waals surface area (Å²) >= 11 is 6.20. The van der Waals surface area contributed by atoms with Gasteiger partial charge in [-0.05, 0) is 100.0 Å². The smallest absolute Gasteiger partial charge is 0.405 e. The highest BCUT2D eigenvalue weighted by atomic mass is 35.5. The highest BCUT2D eigenvalue weighted by molar-refractivity contribution is 7.89. The van der Waals surface area contributed by atoms with Crippen molar-refractivity contribution in [2.45, 2.75) is 100 Å². The minimum atomic E-state index is -3.41. The number of nitrogens with one attached hydrogen (secondary N) is 3. The van der Waals surface area contributed by atoms with Gasteiger partial charge in [0.1, 0.15) is 11.9 Å². The molecule has 13 heteroatoms. The summed E-state index contributed by atoms with van der Waals surface area (Å²) in [6, 6.07) is 10.1. The summed E-state index contributed by atoms with van der Waals surface area (Å²) in [6.45, 7) is 0.873. The molecular formula is C34H44ClFN4O6S. The van der Waals surface area contributed by atoms with Crippen molar-refractivity contribution in [1.82, 2.24) is 14.9 Å². The van der Waals surface area contributed by atoms with E-state index in [1.165, 1.54) is 12.1 Å². The van der Waals surface area contributed by atoms with Crippen molar-refractivity contribution in [1.29, 1.82) is 0 Å². The van der Waals surface area contributed by atoms with Crippen LogP contribution in [0.4, 0.5) is 14.9 Å². The normalized spacial score (nSPS) is 28.4. The number of sulfonamides is 1. The zero-order valence-electron chi connectivity index (χ0n) is 26.4. The van der Waals surface area contributed by atoms with Crippen molar-refractivity contribution < 1.29 is 32.2 Å². The average Bonchev–Trinajstić information content (AvgIpc) is 3.87. The molecule has 2 aliphatic heterocycles. The molecule has 5 atom stereocenters. The number of carboxylic acid groups (broad SMARTS) is 1. The lowest BCUT2D eigenvalue weighted by Gasteiger charge is -2.38. The van der Waals surface area contributed by atoms with Crippen LogP contribution in [0, 0.1) is 11.7 Å². The minimum Gasteiger partial charge on any atom is -0.465 e. The molecule has 0 spiro atoms. The maximum Gasteiger partial charge on any atom is 0.405 e. The summed E-state index contributed by atoms with van der Waals surface area (Å²) in [7, 11) is -3.41. The second kappa shape index (κ2) is 14.8. The summed E-state index contributed by atoms with van der Waals surface area (Å²) in [4.78, 5) is 26.2. The molecular weight excluding hydrogens is 647 g/mol. The largest absolute Gasteiger partial charge is 0.465 e. The first kappa shape index (κ1) is 34.1. The lowest BCUT2D eigenvalue weighted by atomic mass is 9.72. The van der Waals surface area contributed by atoms with Crippen LogP contribution in [0.15, 0.2) is 42.5 Å². The van der Waals surface area contributed by atoms with Crippen LogP contribution in [0.25, 0.3) is 0 Å². The second-order valence-corrected chi connectivity index (χ2v) is 15.9. The minimum absolute atomic E-state index is 0.0111. The Morgan fingerprint density at radius 1 is 1.04 bits per heavy atom. The number of hydrogen-bond acceptors (Lipinski definition) is 6. The van der Waals surface area contributed by atoms with E-state index in [1.807, 2.05) is 12.1 Å². The summed E-state index contributed by atoms with van der Waals surface area (Å²) in [5.41, 5.74) is 1.28. The molecule has 2 bridgehead atoms. The van der Waals surface area contributed by atoms with Crippen LogP contribution in [0.3, 0.4) is 0 Å². The molecule has 4 aliphatic rings. The number of fused-ring (bicyclic) bond motifs is 2. The Labute approximate surface area is 280 Å². The van der Waals surface area contributed by atoms with Crippen LogP contribution < -0.4 is 16.0 Å². The van der Waals surface area contributed by atoms with Crippen molar-refractivity contribution in [3.8, 4) is 0 Å². The van der Waals surface area contributed by atoms with E-state index in [-0.39, 0.29) is 47.5 Å². The molecule has 4 fully saturated rings. The van der Waals surface area contributed by atoms with Gasteiger partial charge >= 0.3 is 6.09 Å². The van der Waals surface area contributed by atoms with Crippen molar-refractivity contribution in [3.05, 3.63) is 64.4 Å². The number of anilines is 1. The highest BCUT2D eigenvalue weighted by Crippen LogP contribution is 2.41. The van der Waals surface area contributed by atoms with Crippen molar-refractivity contribution in [2.24, 2.45) is 5.92 Å². The van der Waals surface area contributed by atoms with Crippen LogP contribution in [0.5, 0.6) is 0 Å². The third-order valence-electron chi connectivity index (χ3n) is 10.2. The number of nitrogens with zero attached hydrogens (tertiary/aromatic N) is 1. The zero-order chi connectivity index (χ0) is 33.1. The molecule has 2 amide bonds. The van der Waals surface area contributed by atoms with Gasteiger partial charge in [0, 0.05) is 47.4 Å². The molecule has 47 heavy (non-hydrogen) atoms. The molecule has 2 aliphatic carbocycles. The van der Waals surface area contributed by atoms with E-state index < -0.39 is 39.8 Å². The number of carbonyl (C=O) groups excluding carboxylic acids is 1. The molecule has 2 saturated carbocycles. The van der Waals surface area contributed by atoms with E-state index in [0.29, 0.717) is 37.1 Å². The number of rotatable bonds is 11. The summed E-state index contributed by atoms with van der Waals surface area (Å²) in [5, 5.41) is 19.2. The standard InChI is InChI=1S/C34H44ClFN4O6S/c35-23-10-6-21(7-11-23)31(22-8-13-26(14-9-22)46-27-15-16-27)32(39-34(42)43)33(41)38-30-5-1-4-29(36)28(30)17-12-25-19-37-24-3-2-18-47(44,45)40(25)20-24/h1,4-7,10-11,22,24-27,31-32,37,39H,2-3,8-9,12-20H2,(H,38,41)(H,42,43)/t22-,24-,25+,26-,31+,32+/m1/s1. The number of benzene rings is 2. The third kappa shape index (κ3) is 8.45. The number of halogens is 2. The Morgan fingerprint density at radius 3 is 2.43 bits per heavy atom. The van der Waals surface area contributed by atoms with E-state index >= 15 is 4.39 Å². The SMILES string of the molecule is O=C(O)N[C@H](C(=O)Nc1cccc(F)c1CC[C@H]1CN[C@@H]2CCCS(=O)(=O)N1C2)[C@@H](c1ccc(Cl)cc1)[C@H]1CC[C@H](OC2CC2)CC1. The molecule has 0 radical (unpaired) electrons. The first-order valence-electron chi connectivity index (χ1n) is 16.8. The highest BCUT2D eigenvalue weighted by Gasteiger charge is 2.41. The topological polar surface area (TPSA) is 137 Å². The van der Waals surface area contributed by atoms with Gasteiger partial charge in [0.05, 0.1) is 18.0 Å². The number of hydrogen-bond donors (Lipinski definition) is 4. The van der Waals surface area contributed by atoms with Gasteiger partial charge in [-0.2, -0.15) is 4.31 Å². The maximum atomic E-state index is 15.4. The lowest BCUT2D eigenvalue weighted by molar-refractivity contribution is -0.119. The van der Waals surface area contributed by atoms with Gasteiger partial charge in [-0.3, -0.25) is 4.79 Å². The monoisotopic (exact) mass is 690 g/mol. The summed E-state index contributed by atoms with van der Waals surface area (Å²) < 4.78 is 49.0. The lowest BCUT2D eigenvalue weighted by Crippen LogP contribution is -2.57. The van der Waals surface area contributed by atoms with Gasteiger partial charge in [-0.25, -0.2) is 17.6 Å². The van der Waals surface area contributed by atoms with Crippen LogP contribution in [0.1, 0.15) is 74.8 Å². The molecule has 10 nitrogen and oxygen atoms in total. The number of piperazine rings is 1. The second-order valence-electron chi connectivity index (χ2n) is 13.5. The number of ether oxygens (including phenoxy) is 1. The average molecular weight is 691 g/mol. The zero-order valence-corrected chi connectivity index (χ0v) is 27.9. The molecule has 4 N–H and O–H groups in total. The predicted molar refractivity (Wildman–Crippen MR) is 178 cm³/mol. The molecule has 2 aromatic carbocycles. The fraction of sp³-hybridized carbons (Fsp3) is 0.588. The molecule has 0 aromatic heterocycles. The molecule has 1 unspecified atom stereocenters. The van der Waals surface area contributed by atoms with E-state index in [0.717, 1.165) is 50.5 Å². The molecule has 2 aromatic rings. The molecule has 6 rings (SSSR count). The van der Waals surface area contributed by atoms with E-state index in [2.05, 4.69) is 16.0 Å². The van der Waals surface area contributed by atoms with E-state index in [9.17, 15) is 23.1 Å². The van der Waals surface area contributed by atoms with Crippen LogP contribution in [-0.2, 0) is 26.0 Å². The van der Waals surface area contributed by atoms with Crippen molar-refractivity contribution in [3.63, 3.8) is 0 Å². The molecule has 2 heterocycles. The Kier molecular flexibility index (Phi) is 10.7. The maximum absolute atomic E-state index is 15.4. The summed E-state index contributed by atoms with van der Waals surface area (Å²) in [6.07, 6.45) is 6.47. The quantitative estimate of drug-likeness (QED) is 0.252. The Bertz CT molecular complexity index is 1530. The van der Waals surface area contributed by atoms with Crippen molar-refractivity contribution in [2.75, 3.05) is 24.2 Å². The fourth-order valence-electron chi connectivity index (χ4n) is 7.63. The van der Waals surface area contributed by atoms with Gasteiger partial charge in [-0.1, -0.05) is 29.8 Å². The van der Waals surface area contributed by atoms with Gasteiger partial charge in [0.2, 0.25) is 15.9 Å². The Balaban J connectivity index is 1.22. The van der Waals surface area contributed by atoms with E-state index in [4.69, 9.17) is 16.3 Å². The van der Waals surface area contributed by atoms with Gasteiger partial charge < -0.3 is 25.8 Å². The summed E-state index contributed by atoms with van der Waals surface area (Å²) in [5.74, 6) is -1.52. The number of carbonyl (C=O) groups is 2. The Morgan fingerprint density at radius 2 is 1.74 bits per heavy atom. The van der Waals surface area contributed by atoms with Gasteiger partial charge in [0.25, 0.3) is 0 Å². The predicted octanol–water partition coefficient (Wildman–Crippen LogP) is 5.27. The van der Waals surface area contributed by atoms with Gasteiger partial charge in [-0.15, -0.1) is 0 Å². The third-order valence-corrected chi connectivity index (χ3v) is 12.4. The fourth-order valence-corrected chi connectivity index (χ4v) is 9.56. The van der Waals surface area contributed by atoms with E-state index in [1.54, 1.807) is 22.5 Å². The Hall–Kier alpha value is -2.77. The van der Waals surface area contributed by atoms with Crippen molar-refractivity contribution >= 4 is 39.3 Å².